The molecule has 7 nitrogen and oxygen atoms in total. The second-order valence-corrected chi connectivity index (χ2v) is 3.69. The van der Waals surface area contributed by atoms with Crippen molar-refractivity contribution in [3.05, 3.63) is 0 Å². The molecule has 0 saturated carbocycles. The first-order valence-corrected chi connectivity index (χ1v) is 4.38. The fourth-order valence-electron chi connectivity index (χ4n) is 1.10. The summed E-state index contributed by atoms with van der Waals surface area (Å²) in [4.78, 5) is 6.20. The number of aliphatic imine (C=N–C) groups is 1. The van der Waals surface area contributed by atoms with Gasteiger partial charge in [0.25, 0.3) is 5.96 Å². The molecule has 0 spiro atoms. The van der Waals surface area contributed by atoms with Crippen LogP contribution in [0.15, 0.2) is 4.99 Å². The Hall–Kier alpha value is -1.99. The van der Waals surface area contributed by atoms with Crippen LogP contribution in [0.3, 0.4) is 0 Å². The molecular weight excluding hydrogens is 206 g/mol. The van der Waals surface area contributed by atoms with Gasteiger partial charge in [0.1, 0.15) is 0 Å². The summed E-state index contributed by atoms with van der Waals surface area (Å²) in [5.41, 5.74) is 8.31. The molecule has 0 aromatic carbocycles. The van der Waals surface area contributed by atoms with E-state index in [9.17, 15) is 0 Å². The SMILES string of the molecule is CN=C(N(C)C)[N+](C)(C)C.N#CN.N#CN. The first-order valence-electron chi connectivity index (χ1n) is 4.38. The molecule has 0 rings (SSSR count). The van der Waals surface area contributed by atoms with Crippen molar-refractivity contribution in [2.45, 2.75) is 0 Å². The highest BCUT2D eigenvalue weighted by Gasteiger charge is 2.18. The molecule has 0 bridgehead atoms. The van der Waals surface area contributed by atoms with Crippen molar-refractivity contribution >= 4 is 5.96 Å². The van der Waals surface area contributed by atoms with Crippen LogP contribution in [0.5, 0.6) is 0 Å². The van der Waals surface area contributed by atoms with E-state index in [0.29, 0.717) is 0 Å². The standard InChI is InChI=1S/C7H18N3.2CH2N2/c1-8-7(9(2)3)10(4,5)6;2*2-1-3/h1-6H3;2*2H2/q+1;;. The Morgan fingerprint density at radius 2 is 1.38 bits per heavy atom. The van der Waals surface area contributed by atoms with E-state index in [-0.39, 0.29) is 0 Å². The van der Waals surface area contributed by atoms with E-state index in [0.717, 1.165) is 10.4 Å². The van der Waals surface area contributed by atoms with Gasteiger partial charge in [0.2, 0.25) is 0 Å². The highest BCUT2D eigenvalue weighted by molar-refractivity contribution is 5.72. The molecule has 0 saturated heterocycles. The zero-order chi connectivity index (χ0) is 13.8. The molecule has 4 N–H and O–H groups in total. The van der Waals surface area contributed by atoms with Crippen LogP contribution >= 0.6 is 0 Å². The Morgan fingerprint density at radius 3 is 1.38 bits per heavy atom. The van der Waals surface area contributed by atoms with Crippen LogP contribution in [0, 0.1) is 22.9 Å². The summed E-state index contributed by atoms with van der Waals surface area (Å²) >= 11 is 0. The van der Waals surface area contributed by atoms with Crippen LogP contribution < -0.4 is 11.5 Å². The van der Waals surface area contributed by atoms with E-state index in [4.69, 9.17) is 10.5 Å². The first kappa shape index (κ1) is 19.6. The summed E-state index contributed by atoms with van der Waals surface area (Å²) in [6, 6.07) is 0. The summed E-state index contributed by atoms with van der Waals surface area (Å²) in [6.45, 7) is 0. The third kappa shape index (κ3) is 14.5. The number of quaternary nitrogens is 1. The van der Waals surface area contributed by atoms with Gasteiger partial charge in [0, 0.05) is 21.1 Å². The lowest BCUT2D eigenvalue weighted by Crippen LogP contribution is -2.48. The van der Waals surface area contributed by atoms with Crippen molar-refractivity contribution < 1.29 is 4.48 Å². The van der Waals surface area contributed by atoms with Gasteiger partial charge >= 0.3 is 0 Å². The van der Waals surface area contributed by atoms with Crippen LogP contribution in [-0.2, 0) is 0 Å². The molecule has 16 heavy (non-hydrogen) atoms. The molecule has 92 valence electrons. The van der Waals surface area contributed by atoms with Crippen LogP contribution in [0.1, 0.15) is 0 Å². The van der Waals surface area contributed by atoms with Crippen molar-refractivity contribution in [2.24, 2.45) is 16.5 Å². The number of nitrogens with two attached hydrogens (primary N) is 2. The lowest BCUT2D eigenvalue weighted by molar-refractivity contribution is -0.782. The average molecular weight is 228 g/mol. The van der Waals surface area contributed by atoms with Gasteiger partial charge in [-0.2, -0.15) is 10.5 Å². The molecule has 0 unspecified atom stereocenters. The van der Waals surface area contributed by atoms with E-state index >= 15 is 0 Å². The number of nitriles is 2. The Morgan fingerprint density at radius 1 is 1.12 bits per heavy atom. The number of nitrogens with zero attached hydrogens (tertiary/aromatic N) is 5. The lowest BCUT2D eigenvalue weighted by Gasteiger charge is -2.28. The summed E-state index contributed by atoms with van der Waals surface area (Å²) in [5.74, 6) is 1.07. The van der Waals surface area contributed by atoms with Gasteiger partial charge in [-0.1, -0.05) is 0 Å². The molecule has 0 atom stereocenters. The van der Waals surface area contributed by atoms with Crippen molar-refractivity contribution in [3.63, 3.8) is 0 Å². The van der Waals surface area contributed by atoms with Gasteiger partial charge < -0.3 is 16.4 Å². The minimum absolute atomic E-state index is 0.767. The van der Waals surface area contributed by atoms with E-state index in [1.807, 2.05) is 26.0 Å². The summed E-state index contributed by atoms with van der Waals surface area (Å²) in [7, 11) is 12.1. The molecule has 0 aromatic rings. The van der Waals surface area contributed by atoms with Crippen molar-refractivity contribution in [2.75, 3.05) is 42.3 Å². The van der Waals surface area contributed by atoms with Gasteiger partial charge in [-0.25, -0.2) is 4.99 Å². The predicted molar refractivity (Wildman–Crippen MR) is 64.7 cm³/mol. The maximum atomic E-state index is 7.10. The third-order valence-electron chi connectivity index (χ3n) is 1.20. The highest BCUT2D eigenvalue weighted by Crippen LogP contribution is 1.96. The molecule has 0 aliphatic rings. The number of rotatable bonds is 0. The van der Waals surface area contributed by atoms with Gasteiger partial charge in [0.05, 0.1) is 21.1 Å². The third-order valence-corrected chi connectivity index (χ3v) is 1.20. The molecule has 0 aromatic heterocycles. The van der Waals surface area contributed by atoms with E-state index in [1.54, 1.807) is 0 Å². The minimum Gasteiger partial charge on any atom is -0.337 e. The van der Waals surface area contributed by atoms with E-state index in [2.05, 4.69) is 37.6 Å². The molecule has 0 amide bonds. The smallest absolute Gasteiger partial charge is 0.298 e. The van der Waals surface area contributed by atoms with Crippen LogP contribution in [-0.4, -0.2) is 57.6 Å². The molecule has 0 radical (unpaired) electrons. The van der Waals surface area contributed by atoms with E-state index < -0.39 is 0 Å². The second kappa shape index (κ2) is 11.1. The van der Waals surface area contributed by atoms with Crippen molar-refractivity contribution in [3.8, 4) is 12.4 Å². The molecule has 7 heteroatoms. The summed E-state index contributed by atoms with van der Waals surface area (Å²) < 4.78 is 0.767. The fourth-order valence-corrected chi connectivity index (χ4v) is 1.10. The molecule has 0 fully saturated rings. The van der Waals surface area contributed by atoms with Gasteiger partial charge in [-0.15, -0.1) is 0 Å². The average Bonchev–Trinajstić information content (AvgIpc) is 2.03. The Labute approximate surface area is 97.8 Å². The largest absolute Gasteiger partial charge is 0.337 e. The number of guanidine groups is 1. The molecule has 0 heterocycles. The van der Waals surface area contributed by atoms with Crippen molar-refractivity contribution in [1.82, 2.24) is 4.90 Å². The fraction of sp³-hybridized carbons (Fsp3) is 0.667. The predicted octanol–water partition coefficient (Wildman–Crippen LogP) is -0.908. The second-order valence-electron chi connectivity index (χ2n) is 3.69. The molecule has 0 aliphatic carbocycles. The van der Waals surface area contributed by atoms with Crippen molar-refractivity contribution in [1.29, 1.82) is 10.5 Å². The van der Waals surface area contributed by atoms with Gasteiger partial charge in [-0.05, 0) is 0 Å². The lowest BCUT2D eigenvalue weighted by atomic mass is 10.6. The Balaban J connectivity index is -0.000000235. The minimum atomic E-state index is 0.767. The zero-order valence-electron chi connectivity index (χ0n) is 10.9. The highest BCUT2D eigenvalue weighted by atomic mass is 15.4. The number of hydrogen-bond acceptors (Lipinski definition) is 5. The van der Waals surface area contributed by atoms with Crippen LogP contribution in [0.4, 0.5) is 0 Å². The quantitative estimate of drug-likeness (QED) is 0.183. The van der Waals surface area contributed by atoms with Crippen LogP contribution in [0.25, 0.3) is 0 Å². The first-order chi connectivity index (χ1) is 7.22. The maximum Gasteiger partial charge on any atom is 0.298 e. The number of hydrogen-bond donors (Lipinski definition) is 2. The Kier molecular flexibility index (Phi) is 13.6. The van der Waals surface area contributed by atoms with E-state index in [1.165, 1.54) is 12.4 Å². The molecule has 0 aliphatic heterocycles. The molecular formula is C9H22N7+. The zero-order valence-corrected chi connectivity index (χ0v) is 10.9. The normalized spacial score (nSPS) is 9.38. The summed E-state index contributed by atoms with van der Waals surface area (Å²) in [5, 5.41) is 14.2. The van der Waals surface area contributed by atoms with Gasteiger partial charge in [0.15, 0.2) is 12.4 Å². The maximum absolute atomic E-state index is 7.10. The van der Waals surface area contributed by atoms with Gasteiger partial charge in [-0.3, -0.25) is 4.48 Å². The van der Waals surface area contributed by atoms with Crippen LogP contribution in [0.2, 0.25) is 0 Å². The Bertz CT molecular complexity index is 249. The summed E-state index contributed by atoms with van der Waals surface area (Å²) in [6.07, 6.45) is 2.50. The monoisotopic (exact) mass is 228 g/mol. The topological polar surface area (TPSA) is 115 Å².